The van der Waals surface area contributed by atoms with Gasteiger partial charge in [-0.3, -0.25) is 4.90 Å². The molecule has 0 saturated carbocycles. The minimum absolute atomic E-state index is 0.182. The lowest BCUT2D eigenvalue weighted by Crippen LogP contribution is -2.44. The van der Waals surface area contributed by atoms with Crippen LogP contribution in [0.15, 0.2) is 33.3 Å². The van der Waals surface area contributed by atoms with Crippen LogP contribution >= 0.6 is 15.9 Å². The fraction of sp³-hybridized carbons (Fsp3) is 0.429. The molecular formula is C14H17BrN4O. The topological polar surface area (TPSA) is 54.2 Å². The van der Waals surface area contributed by atoms with Gasteiger partial charge in [-0.2, -0.15) is 4.98 Å². The molecule has 0 radical (unpaired) electrons. The van der Waals surface area contributed by atoms with Crippen LogP contribution in [0.2, 0.25) is 0 Å². The van der Waals surface area contributed by atoms with Crippen molar-refractivity contribution in [3.05, 3.63) is 34.6 Å². The highest BCUT2D eigenvalue weighted by Gasteiger charge is 2.22. The molecular weight excluding hydrogens is 320 g/mol. The Balaban J connectivity index is 1.79. The van der Waals surface area contributed by atoms with Crippen molar-refractivity contribution < 1.29 is 4.52 Å². The van der Waals surface area contributed by atoms with Crippen LogP contribution in [0.4, 0.5) is 0 Å². The molecule has 0 spiro atoms. The molecule has 2 aromatic rings. The Hall–Kier alpha value is -1.24. The fourth-order valence-electron chi connectivity index (χ4n) is 2.38. The van der Waals surface area contributed by atoms with Crippen LogP contribution < -0.4 is 5.32 Å². The van der Waals surface area contributed by atoms with E-state index in [1.807, 2.05) is 24.3 Å². The monoisotopic (exact) mass is 336 g/mol. The number of hydrogen-bond acceptors (Lipinski definition) is 5. The van der Waals surface area contributed by atoms with Crippen molar-refractivity contribution in [1.29, 1.82) is 0 Å². The van der Waals surface area contributed by atoms with Gasteiger partial charge in [0.1, 0.15) is 0 Å². The standard InChI is InChI=1S/C14H17BrN4O/c1-10(19-7-5-16-6-8-19)13-17-14(20-18-13)11-3-2-4-12(15)9-11/h2-4,9-10,16H,5-8H2,1H3. The average Bonchev–Trinajstić information content (AvgIpc) is 2.97. The lowest BCUT2D eigenvalue weighted by molar-refractivity contribution is 0.176. The van der Waals surface area contributed by atoms with Crippen LogP contribution in [0.5, 0.6) is 0 Å². The molecule has 20 heavy (non-hydrogen) atoms. The molecule has 1 aliphatic rings. The summed E-state index contributed by atoms with van der Waals surface area (Å²) in [5, 5.41) is 7.48. The number of halogens is 1. The molecule has 1 N–H and O–H groups in total. The van der Waals surface area contributed by atoms with Gasteiger partial charge in [-0.05, 0) is 25.1 Å². The van der Waals surface area contributed by atoms with E-state index in [2.05, 4.69) is 43.2 Å². The van der Waals surface area contributed by atoms with Gasteiger partial charge < -0.3 is 9.84 Å². The van der Waals surface area contributed by atoms with Crippen molar-refractivity contribution in [2.45, 2.75) is 13.0 Å². The molecule has 1 fully saturated rings. The first-order valence-corrected chi connectivity index (χ1v) is 7.57. The third-order valence-corrected chi connectivity index (χ3v) is 4.08. The van der Waals surface area contributed by atoms with Crippen LogP contribution in [0.3, 0.4) is 0 Å². The van der Waals surface area contributed by atoms with E-state index >= 15 is 0 Å². The zero-order chi connectivity index (χ0) is 13.9. The van der Waals surface area contributed by atoms with Crippen molar-refractivity contribution in [1.82, 2.24) is 20.4 Å². The average molecular weight is 337 g/mol. The van der Waals surface area contributed by atoms with Gasteiger partial charge in [-0.25, -0.2) is 0 Å². The lowest BCUT2D eigenvalue weighted by atomic mass is 10.2. The summed E-state index contributed by atoms with van der Waals surface area (Å²) in [7, 11) is 0. The Morgan fingerprint density at radius 1 is 1.35 bits per heavy atom. The van der Waals surface area contributed by atoms with Crippen LogP contribution in [0.25, 0.3) is 11.5 Å². The summed E-state index contributed by atoms with van der Waals surface area (Å²) in [6.45, 7) is 6.19. The Morgan fingerprint density at radius 3 is 2.90 bits per heavy atom. The summed E-state index contributed by atoms with van der Waals surface area (Å²) in [6.07, 6.45) is 0. The van der Waals surface area contributed by atoms with Gasteiger partial charge in [0.2, 0.25) is 0 Å². The van der Waals surface area contributed by atoms with Gasteiger partial charge in [-0.1, -0.05) is 27.2 Å². The summed E-state index contributed by atoms with van der Waals surface area (Å²) in [4.78, 5) is 6.90. The summed E-state index contributed by atoms with van der Waals surface area (Å²) in [5.74, 6) is 1.32. The molecule has 1 unspecified atom stereocenters. The Bertz CT molecular complexity index is 580. The molecule has 1 aliphatic heterocycles. The highest BCUT2D eigenvalue weighted by molar-refractivity contribution is 9.10. The van der Waals surface area contributed by atoms with Crippen molar-refractivity contribution in [2.75, 3.05) is 26.2 Å². The summed E-state index contributed by atoms with van der Waals surface area (Å²) in [5.41, 5.74) is 0.936. The molecule has 2 heterocycles. The molecule has 1 aromatic carbocycles. The number of benzene rings is 1. The Kier molecular flexibility index (Phi) is 4.14. The first-order valence-electron chi connectivity index (χ1n) is 6.78. The maximum atomic E-state index is 5.39. The third kappa shape index (κ3) is 2.92. The van der Waals surface area contributed by atoms with E-state index in [9.17, 15) is 0 Å². The van der Waals surface area contributed by atoms with Crippen LogP contribution in [-0.2, 0) is 0 Å². The van der Waals surface area contributed by atoms with Crippen LogP contribution in [0, 0.1) is 0 Å². The zero-order valence-electron chi connectivity index (χ0n) is 11.3. The van der Waals surface area contributed by atoms with Gasteiger partial charge in [-0.15, -0.1) is 0 Å². The first-order chi connectivity index (χ1) is 9.74. The molecule has 0 aliphatic carbocycles. The molecule has 1 atom stereocenters. The highest BCUT2D eigenvalue weighted by atomic mass is 79.9. The predicted octanol–water partition coefficient (Wildman–Crippen LogP) is 2.47. The second-order valence-electron chi connectivity index (χ2n) is 4.93. The van der Waals surface area contributed by atoms with Crippen LogP contribution in [-0.4, -0.2) is 41.2 Å². The molecule has 5 nitrogen and oxygen atoms in total. The SMILES string of the molecule is CC(c1noc(-c2cccc(Br)c2)n1)N1CCNCC1. The zero-order valence-corrected chi connectivity index (χ0v) is 12.9. The second-order valence-corrected chi connectivity index (χ2v) is 5.85. The Labute approximate surface area is 126 Å². The number of piperazine rings is 1. The normalized spacial score (nSPS) is 18.1. The first kappa shape index (κ1) is 13.7. The largest absolute Gasteiger partial charge is 0.334 e. The minimum atomic E-state index is 0.182. The van der Waals surface area contributed by atoms with Gasteiger partial charge in [0.25, 0.3) is 5.89 Å². The molecule has 1 aromatic heterocycles. The van der Waals surface area contributed by atoms with E-state index in [0.29, 0.717) is 5.89 Å². The molecule has 106 valence electrons. The van der Waals surface area contributed by atoms with E-state index in [0.717, 1.165) is 42.0 Å². The number of rotatable bonds is 3. The quantitative estimate of drug-likeness (QED) is 0.933. The fourth-order valence-corrected chi connectivity index (χ4v) is 2.78. The highest BCUT2D eigenvalue weighted by Crippen LogP contribution is 2.24. The van der Waals surface area contributed by atoms with Crippen molar-refractivity contribution in [3.8, 4) is 11.5 Å². The molecule has 6 heteroatoms. The maximum absolute atomic E-state index is 5.39. The summed E-state index contributed by atoms with van der Waals surface area (Å²) in [6, 6.07) is 8.07. The second kappa shape index (κ2) is 6.03. The van der Waals surface area contributed by atoms with Crippen LogP contribution in [0.1, 0.15) is 18.8 Å². The van der Waals surface area contributed by atoms with Gasteiger partial charge in [0.05, 0.1) is 6.04 Å². The Morgan fingerprint density at radius 2 is 2.15 bits per heavy atom. The number of hydrogen-bond donors (Lipinski definition) is 1. The van der Waals surface area contributed by atoms with Gasteiger partial charge in [0, 0.05) is 36.2 Å². The smallest absolute Gasteiger partial charge is 0.258 e. The van der Waals surface area contributed by atoms with Crippen molar-refractivity contribution >= 4 is 15.9 Å². The van der Waals surface area contributed by atoms with Gasteiger partial charge in [0.15, 0.2) is 5.82 Å². The summed E-state index contributed by atoms with van der Waals surface area (Å²) >= 11 is 3.45. The van der Waals surface area contributed by atoms with Crippen molar-refractivity contribution in [2.24, 2.45) is 0 Å². The molecule has 0 bridgehead atoms. The molecule has 0 amide bonds. The molecule has 3 rings (SSSR count). The summed E-state index contributed by atoms with van der Waals surface area (Å²) < 4.78 is 6.40. The number of nitrogens with one attached hydrogen (secondary N) is 1. The van der Waals surface area contributed by atoms with Crippen molar-refractivity contribution in [3.63, 3.8) is 0 Å². The third-order valence-electron chi connectivity index (χ3n) is 3.59. The van der Waals surface area contributed by atoms with E-state index in [4.69, 9.17) is 4.52 Å². The van der Waals surface area contributed by atoms with E-state index < -0.39 is 0 Å². The van der Waals surface area contributed by atoms with E-state index in [-0.39, 0.29) is 6.04 Å². The predicted molar refractivity (Wildman–Crippen MR) is 80.3 cm³/mol. The number of aromatic nitrogens is 2. The van der Waals surface area contributed by atoms with E-state index in [1.165, 1.54) is 0 Å². The lowest BCUT2D eigenvalue weighted by Gasteiger charge is -2.30. The number of nitrogens with zero attached hydrogens (tertiary/aromatic N) is 3. The molecule has 1 saturated heterocycles. The maximum Gasteiger partial charge on any atom is 0.258 e. The van der Waals surface area contributed by atoms with E-state index in [1.54, 1.807) is 0 Å². The van der Waals surface area contributed by atoms with Gasteiger partial charge >= 0.3 is 0 Å². The minimum Gasteiger partial charge on any atom is -0.334 e.